The molecule has 1 heterocycles. The van der Waals surface area contributed by atoms with Gasteiger partial charge in [0.1, 0.15) is 0 Å². The lowest BCUT2D eigenvalue weighted by Gasteiger charge is -2.33. The van der Waals surface area contributed by atoms with E-state index in [0.29, 0.717) is 12.1 Å². The Bertz CT molecular complexity index is 326. The fourth-order valence-electron chi connectivity index (χ4n) is 2.29. The maximum Gasteiger partial charge on any atom is 0.0951 e. The van der Waals surface area contributed by atoms with E-state index in [0.717, 1.165) is 12.5 Å². The highest BCUT2D eigenvalue weighted by Gasteiger charge is 2.25. The van der Waals surface area contributed by atoms with Crippen LogP contribution < -0.4 is 5.32 Å². The summed E-state index contributed by atoms with van der Waals surface area (Å²) in [4.78, 5) is 4.28. The van der Waals surface area contributed by atoms with E-state index in [1.54, 1.807) is 0 Å². The fourth-order valence-corrected chi connectivity index (χ4v) is 2.29. The monoisotopic (exact) mass is 221 g/mol. The van der Waals surface area contributed by atoms with E-state index in [-0.39, 0.29) is 0 Å². The second-order valence-electron chi connectivity index (χ2n) is 5.26. The van der Waals surface area contributed by atoms with Crippen molar-refractivity contribution < 1.29 is 0 Å². The molecule has 3 nitrogen and oxygen atoms in total. The standard InChI is InChI=1S/C13H23N3/c1-10(2)15-8-13-7-14-9-16(13)11(3)12-5-4-6-12/h7,9-12,15H,4-6,8H2,1-3H3. The molecule has 0 saturated heterocycles. The maximum absolute atomic E-state index is 4.28. The Morgan fingerprint density at radius 1 is 1.44 bits per heavy atom. The van der Waals surface area contributed by atoms with Crippen molar-refractivity contribution in [1.82, 2.24) is 14.9 Å². The van der Waals surface area contributed by atoms with E-state index in [1.807, 2.05) is 12.5 Å². The van der Waals surface area contributed by atoms with Gasteiger partial charge in [0.05, 0.1) is 12.0 Å². The first kappa shape index (κ1) is 11.6. The quantitative estimate of drug-likeness (QED) is 0.828. The van der Waals surface area contributed by atoms with Gasteiger partial charge in [0.2, 0.25) is 0 Å². The summed E-state index contributed by atoms with van der Waals surface area (Å²) in [5, 5.41) is 3.46. The minimum Gasteiger partial charge on any atom is -0.330 e. The Balaban J connectivity index is 2.00. The lowest BCUT2D eigenvalue weighted by atomic mass is 9.80. The molecule has 1 atom stereocenters. The SMILES string of the molecule is CC(C)NCc1cncn1C(C)C1CCC1. The summed E-state index contributed by atoms with van der Waals surface area (Å²) in [5.74, 6) is 0.868. The molecule has 1 aliphatic carbocycles. The number of hydrogen-bond donors (Lipinski definition) is 1. The van der Waals surface area contributed by atoms with Crippen molar-refractivity contribution in [3.8, 4) is 0 Å². The lowest BCUT2D eigenvalue weighted by Crippen LogP contribution is -2.27. The molecule has 1 aromatic rings. The van der Waals surface area contributed by atoms with Gasteiger partial charge in [0.25, 0.3) is 0 Å². The maximum atomic E-state index is 4.28. The summed E-state index contributed by atoms with van der Waals surface area (Å²) < 4.78 is 2.35. The molecule has 1 aromatic heterocycles. The van der Waals surface area contributed by atoms with Crippen LogP contribution in [0, 0.1) is 5.92 Å². The third-order valence-corrected chi connectivity index (χ3v) is 3.71. The molecule has 1 fully saturated rings. The molecule has 0 aromatic carbocycles. The van der Waals surface area contributed by atoms with Crippen LogP contribution in [-0.4, -0.2) is 15.6 Å². The Morgan fingerprint density at radius 2 is 2.19 bits per heavy atom. The second-order valence-corrected chi connectivity index (χ2v) is 5.26. The third-order valence-electron chi connectivity index (χ3n) is 3.71. The molecule has 0 amide bonds. The Labute approximate surface area is 98.3 Å². The summed E-state index contributed by atoms with van der Waals surface area (Å²) in [7, 11) is 0. The van der Waals surface area contributed by atoms with Crippen molar-refractivity contribution >= 4 is 0 Å². The van der Waals surface area contributed by atoms with Crippen LogP contribution in [-0.2, 0) is 6.54 Å². The van der Waals surface area contributed by atoms with Crippen LogP contribution in [0.15, 0.2) is 12.5 Å². The highest BCUT2D eigenvalue weighted by molar-refractivity contribution is 5.01. The van der Waals surface area contributed by atoms with Crippen LogP contribution in [0.25, 0.3) is 0 Å². The Morgan fingerprint density at radius 3 is 2.75 bits per heavy atom. The summed E-state index contributed by atoms with van der Waals surface area (Å²) in [6.07, 6.45) is 8.15. The number of nitrogens with zero attached hydrogens (tertiary/aromatic N) is 2. The summed E-state index contributed by atoms with van der Waals surface area (Å²) in [5.41, 5.74) is 1.31. The molecule has 1 N–H and O–H groups in total. The van der Waals surface area contributed by atoms with E-state index in [4.69, 9.17) is 0 Å². The molecule has 1 unspecified atom stereocenters. The summed E-state index contributed by atoms with van der Waals surface area (Å²) in [6.45, 7) is 7.60. The molecule has 0 radical (unpaired) electrons. The van der Waals surface area contributed by atoms with Crippen molar-refractivity contribution in [3.63, 3.8) is 0 Å². The van der Waals surface area contributed by atoms with Gasteiger partial charge in [-0.25, -0.2) is 4.98 Å². The van der Waals surface area contributed by atoms with Gasteiger partial charge in [0.15, 0.2) is 0 Å². The zero-order valence-electron chi connectivity index (χ0n) is 10.6. The topological polar surface area (TPSA) is 29.9 Å². The van der Waals surface area contributed by atoms with Crippen molar-refractivity contribution in [2.45, 2.75) is 58.7 Å². The number of rotatable bonds is 5. The zero-order chi connectivity index (χ0) is 11.5. The van der Waals surface area contributed by atoms with Gasteiger partial charge < -0.3 is 9.88 Å². The second kappa shape index (κ2) is 5.00. The molecule has 90 valence electrons. The van der Waals surface area contributed by atoms with Crippen LogP contribution in [0.2, 0.25) is 0 Å². The van der Waals surface area contributed by atoms with Crippen LogP contribution in [0.5, 0.6) is 0 Å². The van der Waals surface area contributed by atoms with Gasteiger partial charge in [-0.15, -0.1) is 0 Å². The average molecular weight is 221 g/mol. The van der Waals surface area contributed by atoms with Crippen LogP contribution >= 0.6 is 0 Å². The molecule has 0 aliphatic heterocycles. The van der Waals surface area contributed by atoms with Crippen LogP contribution in [0.1, 0.15) is 51.8 Å². The molecule has 16 heavy (non-hydrogen) atoms. The summed E-state index contributed by atoms with van der Waals surface area (Å²) >= 11 is 0. The third kappa shape index (κ3) is 2.46. The minimum absolute atomic E-state index is 0.530. The number of nitrogens with one attached hydrogen (secondary N) is 1. The predicted molar refractivity (Wildman–Crippen MR) is 66.3 cm³/mol. The van der Waals surface area contributed by atoms with Crippen molar-refractivity contribution in [3.05, 3.63) is 18.2 Å². The van der Waals surface area contributed by atoms with Gasteiger partial charge in [-0.1, -0.05) is 20.3 Å². The molecular weight excluding hydrogens is 198 g/mol. The normalized spacial score (nSPS) is 18.8. The number of aromatic nitrogens is 2. The number of hydrogen-bond acceptors (Lipinski definition) is 2. The molecule has 1 aliphatic rings. The molecule has 1 saturated carbocycles. The largest absolute Gasteiger partial charge is 0.330 e. The fraction of sp³-hybridized carbons (Fsp3) is 0.769. The van der Waals surface area contributed by atoms with Gasteiger partial charge >= 0.3 is 0 Å². The van der Waals surface area contributed by atoms with Crippen molar-refractivity contribution in [2.75, 3.05) is 0 Å². The first-order chi connectivity index (χ1) is 7.68. The first-order valence-electron chi connectivity index (χ1n) is 6.42. The molecule has 0 spiro atoms. The van der Waals surface area contributed by atoms with Crippen LogP contribution in [0.4, 0.5) is 0 Å². The highest BCUT2D eigenvalue weighted by Crippen LogP contribution is 2.36. The van der Waals surface area contributed by atoms with Crippen molar-refractivity contribution in [2.24, 2.45) is 5.92 Å². The molecular formula is C13H23N3. The lowest BCUT2D eigenvalue weighted by molar-refractivity contribution is 0.219. The smallest absolute Gasteiger partial charge is 0.0951 e. The van der Waals surface area contributed by atoms with E-state index in [9.17, 15) is 0 Å². The average Bonchev–Trinajstić information content (AvgIpc) is 2.59. The van der Waals surface area contributed by atoms with E-state index in [2.05, 4.69) is 35.6 Å². The molecule has 2 rings (SSSR count). The van der Waals surface area contributed by atoms with E-state index in [1.165, 1.54) is 25.0 Å². The van der Waals surface area contributed by atoms with Crippen LogP contribution in [0.3, 0.4) is 0 Å². The molecule has 3 heteroatoms. The van der Waals surface area contributed by atoms with Gasteiger partial charge in [-0.3, -0.25) is 0 Å². The van der Waals surface area contributed by atoms with Gasteiger partial charge in [-0.05, 0) is 25.7 Å². The van der Waals surface area contributed by atoms with E-state index < -0.39 is 0 Å². The zero-order valence-corrected chi connectivity index (χ0v) is 10.6. The Kier molecular flexibility index (Phi) is 3.64. The van der Waals surface area contributed by atoms with Gasteiger partial charge in [0, 0.05) is 24.8 Å². The minimum atomic E-state index is 0.530. The van der Waals surface area contributed by atoms with E-state index >= 15 is 0 Å². The number of imidazole rings is 1. The van der Waals surface area contributed by atoms with Crippen molar-refractivity contribution in [1.29, 1.82) is 0 Å². The highest BCUT2D eigenvalue weighted by atomic mass is 15.1. The predicted octanol–water partition coefficient (Wildman–Crippen LogP) is 2.74. The first-order valence-corrected chi connectivity index (χ1v) is 6.42. The van der Waals surface area contributed by atoms with Gasteiger partial charge in [-0.2, -0.15) is 0 Å². The Hall–Kier alpha value is -0.830. The molecule has 0 bridgehead atoms. The summed E-state index contributed by atoms with van der Waals surface area (Å²) in [6, 6.07) is 1.14.